The zero-order valence-electron chi connectivity index (χ0n) is 10.9. The zero-order chi connectivity index (χ0) is 12.0. The third kappa shape index (κ3) is 3.77. The van der Waals surface area contributed by atoms with Gasteiger partial charge in [-0.05, 0) is 52.2 Å². The number of nitriles is 1. The monoisotopic (exact) mass is 223 g/mol. The molecule has 1 atom stereocenters. The Morgan fingerprint density at radius 1 is 1.44 bits per heavy atom. The van der Waals surface area contributed by atoms with Crippen LogP contribution in [0.15, 0.2) is 0 Å². The molecule has 0 bridgehead atoms. The Morgan fingerprint density at radius 2 is 2.06 bits per heavy atom. The van der Waals surface area contributed by atoms with Crippen LogP contribution >= 0.6 is 0 Å². The van der Waals surface area contributed by atoms with Crippen molar-refractivity contribution in [1.82, 2.24) is 10.2 Å². The first-order valence-corrected chi connectivity index (χ1v) is 6.46. The van der Waals surface area contributed by atoms with Gasteiger partial charge >= 0.3 is 0 Å². The lowest BCUT2D eigenvalue weighted by Gasteiger charge is -2.33. The average Bonchev–Trinajstić information content (AvgIpc) is 2.36. The third-order valence-electron chi connectivity index (χ3n) is 4.01. The number of rotatable bonds is 5. The molecule has 0 aromatic carbocycles. The zero-order valence-corrected chi connectivity index (χ0v) is 10.9. The van der Waals surface area contributed by atoms with E-state index in [1.165, 1.54) is 32.4 Å². The average molecular weight is 223 g/mol. The van der Waals surface area contributed by atoms with Gasteiger partial charge in [-0.1, -0.05) is 13.3 Å². The maximum absolute atomic E-state index is 9.06. The number of hydrogen-bond acceptors (Lipinski definition) is 3. The molecule has 0 aromatic rings. The van der Waals surface area contributed by atoms with Crippen LogP contribution in [0.4, 0.5) is 0 Å². The summed E-state index contributed by atoms with van der Waals surface area (Å²) in [5, 5.41) is 12.2. The van der Waals surface area contributed by atoms with Gasteiger partial charge in [0.1, 0.15) is 5.54 Å². The minimum atomic E-state index is -0.360. The molecule has 1 unspecified atom stereocenters. The summed E-state index contributed by atoms with van der Waals surface area (Å²) in [5.74, 6) is 0.933. The maximum Gasteiger partial charge on any atom is 0.104 e. The van der Waals surface area contributed by atoms with Gasteiger partial charge in [0.2, 0.25) is 0 Å². The van der Waals surface area contributed by atoms with Crippen LogP contribution in [0.1, 0.15) is 39.5 Å². The fourth-order valence-electron chi connectivity index (χ4n) is 2.24. The number of piperidine rings is 1. The van der Waals surface area contributed by atoms with E-state index in [2.05, 4.69) is 23.2 Å². The Morgan fingerprint density at radius 3 is 2.50 bits per heavy atom. The molecule has 0 amide bonds. The van der Waals surface area contributed by atoms with E-state index in [9.17, 15) is 0 Å². The number of likely N-dealkylation sites (tertiary alicyclic amines) is 1. The molecule has 1 aliphatic rings. The molecule has 0 aromatic heterocycles. The minimum absolute atomic E-state index is 0.360. The molecule has 0 spiro atoms. The van der Waals surface area contributed by atoms with E-state index in [4.69, 9.17) is 5.26 Å². The van der Waals surface area contributed by atoms with Crippen LogP contribution in [-0.2, 0) is 0 Å². The summed E-state index contributed by atoms with van der Waals surface area (Å²) in [6.07, 6.45) is 4.90. The lowest BCUT2D eigenvalue weighted by atomic mass is 9.93. The summed E-state index contributed by atoms with van der Waals surface area (Å²) < 4.78 is 0. The van der Waals surface area contributed by atoms with Gasteiger partial charge in [-0.25, -0.2) is 0 Å². The van der Waals surface area contributed by atoms with E-state index >= 15 is 0 Å². The molecule has 1 heterocycles. The van der Waals surface area contributed by atoms with Crippen molar-refractivity contribution in [2.75, 3.05) is 26.7 Å². The van der Waals surface area contributed by atoms with Gasteiger partial charge in [0.25, 0.3) is 0 Å². The second-order valence-electron chi connectivity index (χ2n) is 5.14. The van der Waals surface area contributed by atoms with Gasteiger partial charge in [0.15, 0.2) is 0 Å². The lowest BCUT2D eigenvalue weighted by molar-refractivity contribution is 0.171. The highest BCUT2D eigenvalue weighted by atomic mass is 15.1. The fourth-order valence-corrected chi connectivity index (χ4v) is 2.24. The van der Waals surface area contributed by atoms with Crippen molar-refractivity contribution < 1.29 is 0 Å². The molecular formula is C13H25N3. The summed E-state index contributed by atoms with van der Waals surface area (Å²) in [6.45, 7) is 7.73. The number of nitrogens with one attached hydrogen (secondary N) is 1. The molecule has 1 fully saturated rings. The molecule has 0 radical (unpaired) electrons. The standard InChI is InChI=1S/C13H25N3/c1-4-12-5-8-16(9-6-12)10-7-13(2,11-14)15-3/h12,15H,4-10H2,1-3H3. The van der Waals surface area contributed by atoms with Crippen molar-refractivity contribution in [3.63, 3.8) is 0 Å². The summed E-state index contributed by atoms with van der Waals surface area (Å²) >= 11 is 0. The number of nitrogens with zero attached hydrogens (tertiary/aromatic N) is 2. The van der Waals surface area contributed by atoms with Crippen LogP contribution in [0.25, 0.3) is 0 Å². The topological polar surface area (TPSA) is 39.1 Å². The third-order valence-corrected chi connectivity index (χ3v) is 4.01. The first kappa shape index (κ1) is 13.5. The summed E-state index contributed by atoms with van der Waals surface area (Å²) in [4.78, 5) is 2.50. The Kier molecular flexibility index (Phi) is 5.24. The first-order chi connectivity index (χ1) is 7.63. The summed E-state index contributed by atoms with van der Waals surface area (Å²) in [5.41, 5.74) is -0.360. The van der Waals surface area contributed by atoms with E-state index in [0.29, 0.717) is 0 Å². The van der Waals surface area contributed by atoms with Gasteiger partial charge in [0.05, 0.1) is 6.07 Å². The molecule has 0 saturated carbocycles. The minimum Gasteiger partial charge on any atom is -0.303 e. The first-order valence-electron chi connectivity index (χ1n) is 6.46. The van der Waals surface area contributed by atoms with E-state index in [1.807, 2.05) is 14.0 Å². The largest absolute Gasteiger partial charge is 0.303 e. The van der Waals surface area contributed by atoms with Crippen LogP contribution in [0.3, 0.4) is 0 Å². The van der Waals surface area contributed by atoms with Crippen molar-refractivity contribution in [3.05, 3.63) is 0 Å². The Balaban J connectivity index is 2.27. The predicted octanol–water partition coefficient (Wildman–Crippen LogP) is 2.00. The van der Waals surface area contributed by atoms with Crippen molar-refractivity contribution in [1.29, 1.82) is 5.26 Å². The van der Waals surface area contributed by atoms with Crippen LogP contribution in [0.2, 0.25) is 0 Å². The molecule has 1 N–H and O–H groups in total. The van der Waals surface area contributed by atoms with Gasteiger partial charge in [-0.15, -0.1) is 0 Å². The van der Waals surface area contributed by atoms with Gasteiger partial charge in [-0.2, -0.15) is 5.26 Å². The molecule has 0 aliphatic carbocycles. The van der Waals surface area contributed by atoms with Crippen LogP contribution < -0.4 is 5.32 Å². The molecule has 1 saturated heterocycles. The Bertz CT molecular complexity index is 238. The second-order valence-corrected chi connectivity index (χ2v) is 5.14. The predicted molar refractivity (Wildman–Crippen MR) is 67.1 cm³/mol. The molecule has 16 heavy (non-hydrogen) atoms. The van der Waals surface area contributed by atoms with Crippen molar-refractivity contribution >= 4 is 0 Å². The van der Waals surface area contributed by atoms with E-state index in [-0.39, 0.29) is 5.54 Å². The SMILES string of the molecule is CCC1CCN(CCC(C)(C#N)NC)CC1. The molecule has 1 rings (SSSR count). The van der Waals surface area contributed by atoms with Crippen LogP contribution in [0.5, 0.6) is 0 Å². The van der Waals surface area contributed by atoms with Gasteiger partial charge in [0, 0.05) is 6.54 Å². The quantitative estimate of drug-likeness (QED) is 0.775. The highest BCUT2D eigenvalue weighted by molar-refractivity contribution is 5.03. The Labute approximate surface area is 99.8 Å². The van der Waals surface area contributed by atoms with Crippen molar-refractivity contribution in [2.45, 2.75) is 45.1 Å². The molecule has 3 nitrogen and oxygen atoms in total. The molecular weight excluding hydrogens is 198 g/mol. The van der Waals surface area contributed by atoms with Gasteiger partial charge < -0.3 is 10.2 Å². The van der Waals surface area contributed by atoms with E-state index in [0.717, 1.165) is 18.9 Å². The van der Waals surface area contributed by atoms with E-state index in [1.54, 1.807) is 0 Å². The van der Waals surface area contributed by atoms with Crippen LogP contribution in [0, 0.1) is 17.2 Å². The maximum atomic E-state index is 9.06. The van der Waals surface area contributed by atoms with Crippen molar-refractivity contribution in [3.8, 4) is 6.07 Å². The number of hydrogen-bond donors (Lipinski definition) is 1. The highest BCUT2D eigenvalue weighted by Gasteiger charge is 2.24. The Hall–Kier alpha value is -0.590. The highest BCUT2D eigenvalue weighted by Crippen LogP contribution is 2.20. The van der Waals surface area contributed by atoms with Crippen molar-refractivity contribution in [2.24, 2.45) is 5.92 Å². The molecule has 92 valence electrons. The molecule has 1 aliphatic heterocycles. The van der Waals surface area contributed by atoms with E-state index < -0.39 is 0 Å². The smallest absolute Gasteiger partial charge is 0.104 e. The summed E-state index contributed by atoms with van der Waals surface area (Å²) in [7, 11) is 1.87. The normalized spacial score (nSPS) is 22.6. The molecule has 3 heteroatoms. The fraction of sp³-hybridized carbons (Fsp3) is 0.923. The summed E-state index contributed by atoms with van der Waals surface area (Å²) in [6, 6.07) is 2.35. The van der Waals surface area contributed by atoms with Gasteiger partial charge in [-0.3, -0.25) is 0 Å². The second kappa shape index (κ2) is 6.22. The lowest BCUT2D eigenvalue weighted by Crippen LogP contribution is -2.43. The van der Waals surface area contributed by atoms with Crippen LogP contribution in [-0.4, -0.2) is 37.1 Å².